The molecule has 8 heteroatoms. The van der Waals surface area contributed by atoms with E-state index in [0.29, 0.717) is 13.0 Å². The topological polar surface area (TPSA) is 56.7 Å². The lowest BCUT2D eigenvalue weighted by Crippen LogP contribution is -2.39. The van der Waals surface area contributed by atoms with Crippen LogP contribution >= 0.6 is 46.9 Å². The van der Waals surface area contributed by atoms with Crippen molar-refractivity contribution < 1.29 is 4.79 Å². The second-order valence-electron chi connectivity index (χ2n) is 6.71. The Labute approximate surface area is 199 Å². The van der Waals surface area contributed by atoms with Gasteiger partial charge in [0.1, 0.15) is 0 Å². The molecule has 1 aromatic carbocycles. The molecule has 5 nitrogen and oxygen atoms in total. The van der Waals surface area contributed by atoms with Gasteiger partial charge in [0.05, 0.1) is 6.54 Å². The molecule has 3 rings (SSSR count). The second kappa shape index (κ2) is 12.4. The normalized spacial score (nSPS) is 13.4. The van der Waals surface area contributed by atoms with Crippen molar-refractivity contribution in [1.82, 2.24) is 15.5 Å². The number of thiophene rings is 1. The first kappa shape index (κ1) is 24.0. The van der Waals surface area contributed by atoms with Gasteiger partial charge in [-0.3, -0.25) is 9.79 Å². The van der Waals surface area contributed by atoms with Crippen LogP contribution in [-0.2, 0) is 24.2 Å². The second-order valence-corrected chi connectivity index (χ2v) is 8.12. The number of halogens is 2. The van der Waals surface area contributed by atoms with Gasteiger partial charge in [-0.05, 0) is 48.4 Å². The van der Waals surface area contributed by atoms with E-state index >= 15 is 0 Å². The van der Waals surface area contributed by atoms with E-state index in [1.165, 1.54) is 10.4 Å². The summed E-state index contributed by atoms with van der Waals surface area (Å²) in [5.74, 6) is 0.911. The molecule has 0 saturated heterocycles. The Kier molecular flexibility index (Phi) is 10.2. The summed E-state index contributed by atoms with van der Waals surface area (Å²) in [6.07, 6.45) is 2.22. The van der Waals surface area contributed by atoms with E-state index in [4.69, 9.17) is 11.6 Å². The smallest absolute Gasteiger partial charge is 0.224 e. The van der Waals surface area contributed by atoms with Crippen LogP contribution in [0.1, 0.15) is 29.3 Å². The number of guanidine groups is 1. The molecule has 1 aromatic heterocycles. The fourth-order valence-corrected chi connectivity index (χ4v) is 4.36. The van der Waals surface area contributed by atoms with Crippen LogP contribution in [0.5, 0.6) is 0 Å². The summed E-state index contributed by atoms with van der Waals surface area (Å²) in [7, 11) is 0. The summed E-state index contributed by atoms with van der Waals surface area (Å²) in [4.78, 5) is 20.4. The zero-order chi connectivity index (χ0) is 19.8. The molecule has 0 radical (unpaired) electrons. The molecule has 0 bridgehead atoms. The van der Waals surface area contributed by atoms with Gasteiger partial charge >= 0.3 is 0 Å². The summed E-state index contributed by atoms with van der Waals surface area (Å²) >= 11 is 7.99. The lowest BCUT2D eigenvalue weighted by Gasteiger charge is -2.26. The monoisotopic (exact) mass is 546 g/mol. The maximum absolute atomic E-state index is 12.5. The summed E-state index contributed by atoms with van der Waals surface area (Å²) in [5.41, 5.74) is 2.41. The summed E-state index contributed by atoms with van der Waals surface area (Å²) < 4.78 is 0. The fourth-order valence-electron chi connectivity index (χ4n) is 3.24. The number of benzene rings is 1. The third-order valence-electron chi connectivity index (χ3n) is 4.74. The molecule has 0 aliphatic carbocycles. The number of nitrogens with one attached hydrogen (secondary N) is 2. The van der Waals surface area contributed by atoms with Crippen molar-refractivity contribution in [1.29, 1.82) is 0 Å². The predicted octanol–water partition coefficient (Wildman–Crippen LogP) is 4.09. The average Bonchev–Trinajstić information content (AvgIpc) is 3.17. The zero-order valence-corrected chi connectivity index (χ0v) is 20.5. The van der Waals surface area contributed by atoms with Gasteiger partial charge in [-0.25, -0.2) is 0 Å². The Hall–Kier alpha value is -1.32. The molecule has 29 heavy (non-hydrogen) atoms. The molecule has 1 aliphatic heterocycles. The van der Waals surface area contributed by atoms with E-state index in [9.17, 15) is 4.79 Å². The molecular weight excluding hydrogens is 519 g/mol. The molecule has 0 atom stereocenters. The van der Waals surface area contributed by atoms with Gasteiger partial charge < -0.3 is 15.5 Å². The van der Waals surface area contributed by atoms with E-state index in [2.05, 4.69) is 27.1 Å². The maximum atomic E-state index is 12.5. The lowest BCUT2D eigenvalue weighted by atomic mass is 10.1. The van der Waals surface area contributed by atoms with Gasteiger partial charge in [-0.1, -0.05) is 29.8 Å². The van der Waals surface area contributed by atoms with Crippen LogP contribution in [0, 0.1) is 0 Å². The quantitative estimate of drug-likeness (QED) is 0.312. The number of carbonyl (C=O) groups excluding carboxylic acids is 1. The Bertz CT molecular complexity index is 827. The van der Waals surface area contributed by atoms with Crippen LogP contribution in [0.25, 0.3) is 0 Å². The van der Waals surface area contributed by atoms with Crippen molar-refractivity contribution >= 4 is 58.8 Å². The van der Waals surface area contributed by atoms with Crippen LogP contribution in [0.2, 0.25) is 5.02 Å². The van der Waals surface area contributed by atoms with E-state index < -0.39 is 0 Å². The number of hydrogen-bond donors (Lipinski definition) is 2. The molecule has 0 unspecified atom stereocenters. The minimum absolute atomic E-state index is 0. The summed E-state index contributed by atoms with van der Waals surface area (Å²) in [6.45, 7) is 5.56. The van der Waals surface area contributed by atoms with Crippen LogP contribution < -0.4 is 10.6 Å². The number of amides is 1. The standard InChI is InChI=1S/C21H27ClN4OS.HI/c1-2-23-21(24-11-7-16-5-3-4-6-18(16)22)25-12-8-20(27)26-13-9-19-17(15-26)10-14-28-19;/h3-6,10,14H,2,7-9,11-13,15H2,1H3,(H2,23,24,25);1H. The first-order valence-corrected chi connectivity index (χ1v) is 11.0. The van der Waals surface area contributed by atoms with Crippen molar-refractivity contribution in [2.24, 2.45) is 4.99 Å². The van der Waals surface area contributed by atoms with E-state index in [1.807, 2.05) is 36.1 Å². The number of rotatable bonds is 7. The first-order chi connectivity index (χ1) is 13.7. The van der Waals surface area contributed by atoms with Gasteiger partial charge in [-0.2, -0.15) is 0 Å². The van der Waals surface area contributed by atoms with Crippen molar-refractivity contribution in [3.05, 3.63) is 56.7 Å². The predicted molar refractivity (Wildman–Crippen MR) is 133 cm³/mol. The molecule has 158 valence electrons. The lowest BCUT2D eigenvalue weighted by molar-refractivity contribution is -0.131. The molecule has 2 aromatic rings. The fraction of sp³-hybridized carbons (Fsp3) is 0.429. The Morgan fingerprint density at radius 2 is 2.10 bits per heavy atom. The summed E-state index contributed by atoms with van der Waals surface area (Å²) in [5, 5.41) is 9.44. The van der Waals surface area contributed by atoms with E-state index in [0.717, 1.165) is 55.6 Å². The van der Waals surface area contributed by atoms with Gasteiger partial charge in [0.15, 0.2) is 5.96 Å². The third-order valence-corrected chi connectivity index (χ3v) is 6.14. The third kappa shape index (κ3) is 7.15. The highest BCUT2D eigenvalue weighted by molar-refractivity contribution is 14.0. The van der Waals surface area contributed by atoms with Crippen molar-refractivity contribution in [3.63, 3.8) is 0 Å². The average molecular weight is 547 g/mol. The number of hydrogen-bond acceptors (Lipinski definition) is 3. The molecule has 1 amide bonds. The van der Waals surface area contributed by atoms with Crippen LogP contribution in [0.4, 0.5) is 0 Å². The molecule has 2 heterocycles. The van der Waals surface area contributed by atoms with Crippen LogP contribution in [-0.4, -0.2) is 42.9 Å². The summed E-state index contributed by atoms with van der Waals surface area (Å²) in [6, 6.07) is 9.99. The number of fused-ring (bicyclic) bond motifs is 1. The van der Waals surface area contributed by atoms with Crippen molar-refractivity contribution in [2.75, 3.05) is 26.2 Å². The molecule has 0 spiro atoms. The van der Waals surface area contributed by atoms with Gasteiger partial charge in [0.25, 0.3) is 0 Å². The van der Waals surface area contributed by atoms with E-state index in [-0.39, 0.29) is 29.9 Å². The van der Waals surface area contributed by atoms with Crippen LogP contribution in [0.3, 0.4) is 0 Å². The minimum atomic E-state index is 0. The zero-order valence-electron chi connectivity index (χ0n) is 16.6. The first-order valence-electron chi connectivity index (χ1n) is 9.76. The van der Waals surface area contributed by atoms with Gasteiger partial charge in [0.2, 0.25) is 5.91 Å². The number of carbonyl (C=O) groups is 1. The molecular formula is C21H28ClIN4OS. The van der Waals surface area contributed by atoms with Crippen molar-refractivity contribution in [2.45, 2.75) is 32.7 Å². The molecule has 0 fully saturated rings. The highest BCUT2D eigenvalue weighted by Gasteiger charge is 2.20. The minimum Gasteiger partial charge on any atom is -0.357 e. The molecule has 0 saturated carbocycles. The Balaban J connectivity index is 0.00000300. The van der Waals surface area contributed by atoms with Gasteiger partial charge in [-0.15, -0.1) is 35.3 Å². The van der Waals surface area contributed by atoms with Crippen LogP contribution in [0.15, 0.2) is 40.7 Å². The van der Waals surface area contributed by atoms with E-state index in [1.54, 1.807) is 11.3 Å². The van der Waals surface area contributed by atoms with Gasteiger partial charge in [0, 0.05) is 42.5 Å². The van der Waals surface area contributed by atoms with Crippen molar-refractivity contribution in [3.8, 4) is 0 Å². The highest BCUT2D eigenvalue weighted by atomic mass is 127. The number of nitrogens with zero attached hydrogens (tertiary/aromatic N) is 2. The number of aliphatic imine (C=N–C) groups is 1. The Morgan fingerprint density at radius 1 is 1.28 bits per heavy atom. The SMILES string of the molecule is CCNC(=NCCC(=O)N1CCc2sccc2C1)NCCc1ccccc1Cl.I. The molecule has 1 aliphatic rings. The largest absolute Gasteiger partial charge is 0.357 e. The highest BCUT2D eigenvalue weighted by Crippen LogP contribution is 2.24. The molecule has 2 N–H and O–H groups in total. The maximum Gasteiger partial charge on any atom is 0.224 e. The Morgan fingerprint density at radius 3 is 2.90 bits per heavy atom.